The van der Waals surface area contributed by atoms with Gasteiger partial charge in [-0.3, -0.25) is 9.59 Å². The Kier molecular flexibility index (Phi) is 6.80. The number of carbonyl (C=O) groups is 2. The normalized spacial score (nSPS) is 14.8. The number of hydrogen-bond acceptors (Lipinski definition) is 6. The molecule has 32 heavy (non-hydrogen) atoms. The minimum Gasteiger partial charge on any atom is -0.372 e. The van der Waals surface area contributed by atoms with Crippen LogP contribution in [0.5, 0.6) is 0 Å². The van der Waals surface area contributed by atoms with Crippen LogP contribution in [-0.2, 0) is 4.79 Å². The molecule has 7 nitrogen and oxygen atoms in total. The quantitative estimate of drug-likeness (QED) is 0.380. The third-order valence-electron chi connectivity index (χ3n) is 5.71. The van der Waals surface area contributed by atoms with Crippen LogP contribution in [0.1, 0.15) is 31.0 Å². The van der Waals surface area contributed by atoms with Gasteiger partial charge in [0.2, 0.25) is 10.7 Å². The Labute approximate surface area is 192 Å². The van der Waals surface area contributed by atoms with E-state index >= 15 is 0 Å². The van der Waals surface area contributed by atoms with Crippen LogP contribution in [0.4, 0.5) is 11.5 Å². The highest BCUT2D eigenvalue weighted by atomic mass is 32.1. The number of hydrogen-bond donors (Lipinski definition) is 2. The van der Waals surface area contributed by atoms with Gasteiger partial charge >= 0.3 is 0 Å². The van der Waals surface area contributed by atoms with Crippen LogP contribution >= 0.6 is 12.2 Å². The second-order valence-electron chi connectivity index (χ2n) is 7.79. The molecule has 8 heteroatoms. The minimum atomic E-state index is -0.483. The molecule has 0 radical (unpaired) electrons. The number of nitrogens with one attached hydrogen (secondary N) is 2. The Bertz CT molecular complexity index is 1180. The Hall–Kier alpha value is -3.26. The molecule has 1 aliphatic heterocycles. The fourth-order valence-electron chi connectivity index (χ4n) is 4.04. The maximum atomic E-state index is 12.8. The SMILES string of the molecule is CCN(CCCNC(=O)CC[C@@H]1Nc2c3ccccc3nc(=S)n2C1=O)c1ccccc1. The van der Waals surface area contributed by atoms with Crippen molar-refractivity contribution in [1.29, 1.82) is 0 Å². The van der Waals surface area contributed by atoms with Gasteiger partial charge in [0, 0.05) is 37.1 Å². The van der Waals surface area contributed by atoms with E-state index in [9.17, 15) is 9.59 Å². The molecule has 2 N–H and O–H groups in total. The molecule has 4 rings (SSSR count). The van der Waals surface area contributed by atoms with Gasteiger partial charge < -0.3 is 15.5 Å². The van der Waals surface area contributed by atoms with Crippen molar-refractivity contribution < 1.29 is 9.59 Å². The van der Waals surface area contributed by atoms with Crippen molar-refractivity contribution in [3.8, 4) is 0 Å². The first-order valence-electron chi connectivity index (χ1n) is 11.0. The number of anilines is 2. The molecule has 1 aromatic heterocycles. The van der Waals surface area contributed by atoms with Crippen LogP contribution in [0.15, 0.2) is 54.6 Å². The van der Waals surface area contributed by atoms with Crippen LogP contribution in [0.2, 0.25) is 0 Å². The summed E-state index contributed by atoms with van der Waals surface area (Å²) >= 11 is 5.32. The van der Waals surface area contributed by atoms with Crippen molar-refractivity contribution in [3.05, 3.63) is 59.4 Å². The first-order valence-corrected chi connectivity index (χ1v) is 11.4. The maximum absolute atomic E-state index is 12.8. The van der Waals surface area contributed by atoms with Crippen molar-refractivity contribution in [2.24, 2.45) is 0 Å². The average molecular weight is 450 g/mol. The number of nitrogens with zero attached hydrogens (tertiary/aromatic N) is 3. The topological polar surface area (TPSA) is 79.3 Å². The molecule has 0 aliphatic carbocycles. The standard InChI is InChI=1S/C24H27N5O2S/c1-2-28(17-9-4-3-5-10-17)16-8-15-25-21(30)14-13-20-23(31)29-22(26-20)18-11-6-7-12-19(18)27-24(29)32/h3-7,9-12,20,26H,2,8,13-16H2,1H3,(H,25,30)/t20-/m0/s1. The summed E-state index contributed by atoms with van der Waals surface area (Å²) in [5.41, 5.74) is 1.94. The molecule has 0 saturated heterocycles. The van der Waals surface area contributed by atoms with E-state index in [1.54, 1.807) is 0 Å². The van der Waals surface area contributed by atoms with Gasteiger partial charge in [-0.1, -0.05) is 30.3 Å². The lowest BCUT2D eigenvalue weighted by molar-refractivity contribution is -0.121. The van der Waals surface area contributed by atoms with Crippen LogP contribution in [0.25, 0.3) is 10.9 Å². The third kappa shape index (κ3) is 4.65. The van der Waals surface area contributed by atoms with Crippen molar-refractivity contribution in [2.75, 3.05) is 29.9 Å². The summed E-state index contributed by atoms with van der Waals surface area (Å²) in [6.07, 6.45) is 1.53. The Morgan fingerprint density at radius 1 is 1.19 bits per heavy atom. The zero-order chi connectivity index (χ0) is 22.5. The maximum Gasteiger partial charge on any atom is 0.257 e. The molecule has 1 amide bonds. The van der Waals surface area contributed by atoms with Crippen molar-refractivity contribution in [3.63, 3.8) is 0 Å². The predicted molar refractivity (Wildman–Crippen MR) is 130 cm³/mol. The second-order valence-corrected chi connectivity index (χ2v) is 8.15. The van der Waals surface area contributed by atoms with Gasteiger partial charge in [-0.15, -0.1) is 0 Å². The molecule has 0 bridgehead atoms. The van der Waals surface area contributed by atoms with Crippen molar-refractivity contribution in [1.82, 2.24) is 14.9 Å². The molecule has 1 atom stereocenters. The molecule has 3 aromatic rings. The molecule has 1 aliphatic rings. The van der Waals surface area contributed by atoms with Gasteiger partial charge in [-0.2, -0.15) is 0 Å². The summed E-state index contributed by atoms with van der Waals surface area (Å²) in [6, 6.07) is 17.3. The molecule has 2 aromatic carbocycles. The van der Waals surface area contributed by atoms with Crippen LogP contribution < -0.4 is 15.5 Å². The van der Waals surface area contributed by atoms with Gasteiger partial charge in [0.15, 0.2) is 0 Å². The summed E-state index contributed by atoms with van der Waals surface area (Å²) in [5, 5.41) is 7.07. The minimum absolute atomic E-state index is 0.0510. The summed E-state index contributed by atoms with van der Waals surface area (Å²) in [5.74, 6) is 0.457. The van der Waals surface area contributed by atoms with Crippen LogP contribution in [-0.4, -0.2) is 47.0 Å². The van der Waals surface area contributed by atoms with Crippen molar-refractivity contribution in [2.45, 2.75) is 32.2 Å². The van der Waals surface area contributed by atoms with E-state index in [0.717, 1.165) is 30.4 Å². The molecule has 0 saturated carbocycles. The zero-order valence-corrected chi connectivity index (χ0v) is 18.9. The summed E-state index contributed by atoms with van der Waals surface area (Å²) in [6.45, 7) is 4.52. The predicted octanol–water partition coefficient (Wildman–Crippen LogP) is 4.01. The van der Waals surface area contributed by atoms with Crippen LogP contribution in [0, 0.1) is 4.77 Å². The highest BCUT2D eigenvalue weighted by Crippen LogP contribution is 2.29. The first-order chi connectivity index (χ1) is 15.6. The Morgan fingerprint density at radius 2 is 1.94 bits per heavy atom. The summed E-state index contributed by atoms with van der Waals surface area (Å²) in [4.78, 5) is 31.8. The largest absolute Gasteiger partial charge is 0.372 e. The van der Waals surface area contributed by atoms with E-state index in [1.165, 1.54) is 10.3 Å². The molecule has 2 heterocycles. The van der Waals surface area contributed by atoms with Gasteiger partial charge in [-0.05, 0) is 56.2 Å². The number of carbonyl (C=O) groups excluding carboxylic acids is 2. The lowest BCUT2D eigenvalue weighted by Gasteiger charge is -2.23. The van der Waals surface area contributed by atoms with E-state index in [1.807, 2.05) is 42.5 Å². The zero-order valence-electron chi connectivity index (χ0n) is 18.1. The molecular formula is C24H27N5O2S. The summed E-state index contributed by atoms with van der Waals surface area (Å²) in [7, 11) is 0. The number of para-hydroxylation sites is 2. The molecule has 0 fully saturated rings. The number of fused-ring (bicyclic) bond motifs is 3. The highest BCUT2D eigenvalue weighted by Gasteiger charge is 2.31. The molecule has 0 unspecified atom stereocenters. The number of rotatable bonds is 9. The molecule has 166 valence electrons. The van der Waals surface area contributed by atoms with E-state index in [-0.39, 0.29) is 23.0 Å². The van der Waals surface area contributed by atoms with Gasteiger partial charge in [0.25, 0.3) is 5.91 Å². The fraction of sp³-hybridized carbons (Fsp3) is 0.333. The third-order valence-corrected chi connectivity index (χ3v) is 5.98. The average Bonchev–Trinajstić information content (AvgIpc) is 3.15. The van der Waals surface area contributed by atoms with Gasteiger partial charge in [-0.25, -0.2) is 9.55 Å². The van der Waals surface area contributed by atoms with E-state index in [0.29, 0.717) is 18.8 Å². The fourth-order valence-corrected chi connectivity index (χ4v) is 4.32. The smallest absolute Gasteiger partial charge is 0.257 e. The second kappa shape index (κ2) is 9.91. The number of aromatic nitrogens is 2. The number of amides is 1. The lowest BCUT2D eigenvalue weighted by atomic mass is 10.1. The van der Waals surface area contributed by atoms with E-state index in [4.69, 9.17) is 12.2 Å². The van der Waals surface area contributed by atoms with Crippen LogP contribution in [0.3, 0.4) is 0 Å². The van der Waals surface area contributed by atoms with Gasteiger partial charge in [0.1, 0.15) is 11.9 Å². The lowest BCUT2D eigenvalue weighted by Crippen LogP contribution is -2.31. The molecule has 0 spiro atoms. The monoisotopic (exact) mass is 449 g/mol. The Balaban J connectivity index is 1.26. The van der Waals surface area contributed by atoms with Crippen molar-refractivity contribution >= 4 is 46.4 Å². The van der Waals surface area contributed by atoms with E-state index < -0.39 is 6.04 Å². The van der Waals surface area contributed by atoms with E-state index in [2.05, 4.69) is 39.6 Å². The number of benzene rings is 2. The molecular weight excluding hydrogens is 422 g/mol. The van der Waals surface area contributed by atoms with Gasteiger partial charge in [0.05, 0.1) is 5.52 Å². The Morgan fingerprint density at radius 3 is 2.72 bits per heavy atom. The summed E-state index contributed by atoms with van der Waals surface area (Å²) < 4.78 is 1.69. The first kappa shape index (κ1) is 22.0. The highest BCUT2D eigenvalue weighted by molar-refractivity contribution is 7.71.